The minimum absolute atomic E-state index is 0.0976. The SMILES string of the molecule is CCN(CC)C(=O)c1ccccc1NC(=O)CCCN(c1cccc(Cl)c1)S(C)(=O)=O. The summed E-state index contributed by atoms with van der Waals surface area (Å²) in [6.07, 6.45) is 1.51. The molecule has 0 atom stereocenters. The largest absolute Gasteiger partial charge is 0.339 e. The van der Waals surface area contributed by atoms with Crippen LogP contribution in [0, 0.1) is 0 Å². The molecule has 2 aromatic carbocycles. The lowest BCUT2D eigenvalue weighted by atomic mass is 10.1. The fraction of sp³-hybridized carbons (Fsp3) is 0.364. The van der Waals surface area contributed by atoms with Crippen molar-refractivity contribution in [3.63, 3.8) is 0 Å². The minimum atomic E-state index is -3.53. The average Bonchev–Trinajstić information content (AvgIpc) is 2.71. The average molecular weight is 466 g/mol. The molecule has 31 heavy (non-hydrogen) atoms. The molecule has 0 aliphatic heterocycles. The van der Waals surface area contributed by atoms with Crippen LogP contribution in [-0.4, -0.2) is 51.0 Å². The van der Waals surface area contributed by atoms with E-state index in [0.29, 0.717) is 41.5 Å². The van der Waals surface area contributed by atoms with Crippen LogP contribution in [0.25, 0.3) is 0 Å². The summed E-state index contributed by atoms with van der Waals surface area (Å²) in [6.45, 7) is 5.07. The summed E-state index contributed by atoms with van der Waals surface area (Å²) in [5.74, 6) is -0.440. The van der Waals surface area contributed by atoms with E-state index in [4.69, 9.17) is 11.6 Å². The van der Waals surface area contributed by atoms with Gasteiger partial charge in [-0.1, -0.05) is 29.8 Å². The van der Waals surface area contributed by atoms with Gasteiger partial charge in [-0.2, -0.15) is 0 Å². The Labute approximate surface area is 189 Å². The van der Waals surface area contributed by atoms with Crippen molar-refractivity contribution in [2.24, 2.45) is 0 Å². The summed E-state index contributed by atoms with van der Waals surface area (Å²) >= 11 is 5.98. The number of rotatable bonds is 10. The Morgan fingerprint density at radius 3 is 2.32 bits per heavy atom. The number of hydrogen-bond donors (Lipinski definition) is 1. The van der Waals surface area contributed by atoms with Crippen LogP contribution in [-0.2, 0) is 14.8 Å². The van der Waals surface area contributed by atoms with Crippen LogP contribution in [0.3, 0.4) is 0 Å². The smallest absolute Gasteiger partial charge is 0.255 e. The third kappa shape index (κ3) is 6.97. The van der Waals surface area contributed by atoms with Gasteiger partial charge in [0.1, 0.15) is 0 Å². The van der Waals surface area contributed by atoms with Gasteiger partial charge in [-0.25, -0.2) is 8.42 Å². The standard InChI is InChI=1S/C22H28ClN3O4S/c1-4-25(5-2)22(28)19-12-6-7-13-20(19)24-21(27)14-9-15-26(31(3,29)30)18-11-8-10-17(23)16-18/h6-8,10-13,16H,4-5,9,14-15H2,1-3H3,(H,24,27). The fourth-order valence-corrected chi connectivity index (χ4v) is 4.32. The summed E-state index contributed by atoms with van der Waals surface area (Å²) in [6, 6.07) is 13.4. The van der Waals surface area contributed by atoms with Gasteiger partial charge in [-0.3, -0.25) is 13.9 Å². The van der Waals surface area contributed by atoms with E-state index in [0.717, 1.165) is 6.26 Å². The van der Waals surface area contributed by atoms with Gasteiger partial charge in [0.2, 0.25) is 15.9 Å². The molecule has 7 nitrogen and oxygen atoms in total. The van der Waals surface area contributed by atoms with Gasteiger partial charge in [-0.15, -0.1) is 0 Å². The molecule has 2 amide bonds. The first-order valence-electron chi connectivity index (χ1n) is 10.1. The molecule has 0 spiro atoms. The zero-order valence-electron chi connectivity index (χ0n) is 18.0. The predicted molar refractivity (Wildman–Crippen MR) is 125 cm³/mol. The topological polar surface area (TPSA) is 86.8 Å². The van der Waals surface area contributed by atoms with Crippen molar-refractivity contribution in [2.75, 3.05) is 35.5 Å². The molecular weight excluding hydrogens is 438 g/mol. The van der Waals surface area contributed by atoms with Crippen molar-refractivity contribution in [3.8, 4) is 0 Å². The highest BCUT2D eigenvalue weighted by atomic mass is 35.5. The number of amides is 2. The molecule has 2 aromatic rings. The number of nitrogens with zero attached hydrogens (tertiary/aromatic N) is 2. The monoisotopic (exact) mass is 465 g/mol. The van der Waals surface area contributed by atoms with E-state index in [1.54, 1.807) is 53.4 Å². The Morgan fingerprint density at radius 1 is 1.03 bits per heavy atom. The lowest BCUT2D eigenvalue weighted by molar-refractivity contribution is -0.116. The van der Waals surface area contributed by atoms with E-state index in [1.165, 1.54) is 4.31 Å². The van der Waals surface area contributed by atoms with Crippen molar-refractivity contribution >= 4 is 44.8 Å². The Hall–Kier alpha value is -2.58. The molecule has 0 aromatic heterocycles. The van der Waals surface area contributed by atoms with E-state index < -0.39 is 10.0 Å². The number of hydrogen-bond acceptors (Lipinski definition) is 4. The van der Waals surface area contributed by atoms with Crippen LogP contribution in [0.5, 0.6) is 0 Å². The highest BCUT2D eigenvalue weighted by molar-refractivity contribution is 7.92. The number of carbonyl (C=O) groups excluding carboxylic acids is 2. The first-order chi connectivity index (χ1) is 14.7. The normalized spacial score (nSPS) is 11.1. The Morgan fingerprint density at radius 2 is 1.71 bits per heavy atom. The highest BCUT2D eigenvalue weighted by Crippen LogP contribution is 2.23. The van der Waals surface area contributed by atoms with E-state index in [1.807, 2.05) is 13.8 Å². The van der Waals surface area contributed by atoms with Gasteiger partial charge in [0, 0.05) is 31.1 Å². The van der Waals surface area contributed by atoms with Crippen molar-refractivity contribution < 1.29 is 18.0 Å². The fourth-order valence-electron chi connectivity index (χ4n) is 3.17. The Balaban J connectivity index is 2.05. The molecule has 168 valence electrons. The van der Waals surface area contributed by atoms with Crippen molar-refractivity contribution in [2.45, 2.75) is 26.7 Å². The summed E-state index contributed by atoms with van der Waals surface area (Å²) in [7, 11) is -3.53. The molecule has 0 radical (unpaired) electrons. The zero-order chi connectivity index (χ0) is 23.0. The predicted octanol–water partition coefficient (Wildman–Crippen LogP) is 4.01. The summed E-state index contributed by atoms with van der Waals surface area (Å²) in [4.78, 5) is 26.9. The first kappa shape index (κ1) is 24.7. The van der Waals surface area contributed by atoms with Gasteiger partial charge in [-0.05, 0) is 50.6 Å². The number of halogens is 1. The third-order valence-electron chi connectivity index (χ3n) is 4.74. The number of nitrogens with one attached hydrogen (secondary N) is 1. The maximum atomic E-state index is 12.7. The quantitative estimate of drug-likeness (QED) is 0.574. The third-order valence-corrected chi connectivity index (χ3v) is 6.17. The van der Waals surface area contributed by atoms with Crippen LogP contribution in [0.15, 0.2) is 48.5 Å². The number of sulfonamides is 1. The molecule has 0 fully saturated rings. The van der Waals surface area contributed by atoms with Gasteiger partial charge in [0.25, 0.3) is 5.91 Å². The lowest BCUT2D eigenvalue weighted by Gasteiger charge is -2.22. The second kappa shape index (κ2) is 11.2. The molecule has 0 saturated carbocycles. The molecule has 0 heterocycles. The first-order valence-corrected chi connectivity index (χ1v) is 12.3. The second-order valence-corrected chi connectivity index (χ2v) is 9.33. The molecule has 9 heteroatoms. The number of para-hydroxylation sites is 1. The number of carbonyl (C=O) groups is 2. The maximum Gasteiger partial charge on any atom is 0.255 e. The Kier molecular flexibility index (Phi) is 8.88. The van der Waals surface area contributed by atoms with Crippen LogP contribution < -0.4 is 9.62 Å². The lowest BCUT2D eigenvalue weighted by Crippen LogP contribution is -2.32. The Bertz CT molecular complexity index is 1020. The van der Waals surface area contributed by atoms with Gasteiger partial charge < -0.3 is 10.2 Å². The maximum absolute atomic E-state index is 12.7. The summed E-state index contributed by atoms with van der Waals surface area (Å²) in [5, 5.41) is 3.21. The van der Waals surface area contributed by atoms with E-state index in [2.05, 4.69) is 5.32 Å². The minimum Gasteiger partial charge on any atom is -0.339 e. The number of anilines is 2. The van der Waals surface area contributed by atoms with Crippen molar-refractivity contribution in [1.29, 1.82) is 0 Å². The number of benzene rings is 2. The molecule has 0 aliphatic carbocycles. The van der Waals surface area contributed by atoms with E-state index in [9.17, 15) is 18.0 Å². The molecule has 0 bridgehead atoms. The molecule has 0 aliphatic rings. The van der Waals surface area contributed by atoms with Crippen molar-refractivity contribution in [3.05, 3.63) is 59.1 Å². The molecule has 0 unspecified atom stereocenters. The second-order valence-electron chi connectivity index (χ2n) is 6.99. The zero-order valence-corrected chi connectivity index (χ0v) is 19.5. The van der Waals surface area contributed by atoms with Crippen LogP contribution in [0.1, 0.15) is 37.0 Å². The van der Waals surface area contributed by atoms with Gasteiger partial charge in [0.15, 0.2) is 0 Å². The van der Waals surface area contributed by atoms with Crippen LogP contribution in [0.4, 0.5) is 11.4 Å². The highest BCUT2D eigenvalue weighted by Gasteiger charge is 2.19. The molecule has 2 rings (SSSR count). The van der Waals surface area contributed by atoms with Crippen molar-refractivity contribution in [1.82, 2.24) is 4.90 Å². The van der Waals surface area contributed by atoms with Crippen LogP contribution in [0.2, 0.25) is 5.02 Å². The molecule has 1 N–H and O–H groups in total. The van der Waals surface area contributed by atoms with Gasteiger partial charge in [0.05, 0.1) is 23.2 Å². The van der Waals surface area contributed by atoms with E-state index in [-0.39, 0.29) is 24.8 Å². The van der Waals surface area contributed by atoms with Crippen LogP contribution >= 0.6 is 11.6 Å². The van der Waals surface area contributed by atoms with E-state index >= 15 is 0 Å². The summed E-state index contributed by atoms with van der Waals surface area (Å²) in [5.41, 5.74) is 1.32. The molecule has 0 saturated heterocycles. The molecular formula is C22H28ClN3O4S. The summed E-state index contributed by atoms with van der Waals surface area (Å²) < 4.78 is 25.6. The van der Waals surface area contributed by atoms with Gasteiger partial charge >= 0.3 is 0 Å².